The van der Waals surface area contributed by atoms with Gasteiger partial charge in [-0.1, -0.05) is 0 Å². The molecule has 3 rings (SSSR count). The van der Waals surface area contributed by atoms with Crippen molar-refractivity contribution in [2.75, 3.05) is 20.3 Å². The molecule has 0 bridgehead atoms. The lowest BCUT2D eigenvalue weighted by Gasteiger charge is -2.05. The molecule has 1 amide bonds. The van der Waals surface area contributed by atoms with Crippen molar-refractivity contribution in [3.05, 3.63) is 53.0 Å². The Balaban J connectivity index is 1.92. The number of ether oxygens (including phenoxy) is 1. The molecule has 0 unspecified atom stereocenters. The van der Waals surface area contributed by atoms with Gasteiger partial charge < -0.3 is 14.5 Å². The average Bonchev–Trinajstić information content (AvgIpc) is 3.18. The predicted molar refractivity (Wildman–Crippen MR) is 86.7 cm³/mol. The second-order valence-corrected chi connectivity index (χ2v) is 5.22. The highest BCUT2D eigenvalue weighted by Gasteiger charge is 2.17. The maximum atomic E-state index is 12.7. The third kappa shape index (κ3) is 3.23. The van der Waals surface area contributed by atoms with Crippen LogP contribution in [0, 0.1) is 0 Å². The minimum Gasteiger partial charge on any atom is -0.467 e. The van der Waals surface area contributed by atoms with Crippen LogP contribution in [0.2, 0.25) is 0 Å². The van der Waals surface area contributed by atoms with E-state index in [1.807, 2.05) is 0 Å². The normalized spacial score (nSPS) is 11.0. The number of imidazole rings is 1. The van der Waals surface area contributed by atoms with Crippen LogP contribution in [0.4, 0.5) is 0 Å². The summed E-state index contributed by atoms with van der Waals surface area (Å²) in [5, 5.41) is 2.71. The van der Waals surface area contributed by atoms with Crippen molar-refractivity contribution >= 4 is 17.1 Å². The van der Waals surface area contributed by atoms with Gasteiger partial charge >= 0.3 is 5.69 Å². The number of pyridine rings is 1. The standard InChI is InChI=1S/C16H18N4O4/c1-23-9-7-17-14(21)11-19-13-5-2-6-18-15(13)20(16(19)22)10-12-4-3-8-24-12/h2-6,8H,7,9-11H2,1H3,(H,17,21). The van der Waals surface area contributed by atoms with Gasteiger partial charge in [0.1, 0.15) is 12.3 Å². The van der Waals surface area contributed by atoms with Crippen LogP contribution in [0.3, 0.4) is 0 Å². The van der Waals surface area contributed by atoms with Gasteiger partial charge in [-0.15, -0.1) is 0 Å². The quantitative estimate of drug-likeness (QED) is 0.641. The van der Waals surface area contributed by atoms with Crippen LogP contribution in [0.15, 0.2) is 45.9 Å². The number of rotatable bonds is 7. The number of hydrogen-bond acceptors (Lipinski definition) is 5. The zero-order chi connectivity index (χ0) is 16.9. The average molecular weight is 330 g/mol. The van der Waals surface area contributed by atoms with Crippen LogP contribution < -0.4 is 11.0 Å². The topological polar surface area (TPSA) is 91.3 Å². The van der Waals surface area contributed by atoms with Crippen LogP contribution >= 0.6 is 0 Å². The second-order valence-electron chi connectivity index (χ2n) is 5.22. The Kier molecular flexibility index (Phi) is 4.76. The molecule has 126 valence electrons. The molecule has 3 heterocycles. The zero-order valence-corrected chi connectivity index (χ0v) is 13.3. The van der Waals surface area contributed by atoms with Crippen molar-refractivity contribution in [3.8, 4) is 0 Å². The molecule has 0 radical (unpaired) electrons. The van der Waals surface area contributed by atoms with Crippen molar-refractivity contribution in [1.29, 1.82) is 0 Å². The Morgan fingerprint density at radius 2 is 2.21 bits per heavy atom. The van der Waals surface area contributed by atoms with Gasteiger partial charge in [0.2, 0.25) is 5.91 Å². The second kappa shape index (κ2) is 7.14. The molecule has 0 spiro atoms. The molecular weight excluding hydrogens is 312 g/mol. The van der Waals surface area contributed by atoms with E-state index in [1.54, 1.807) is 43.8 Å². The van der Waals surface area contributed by atoms with E-state index in [-0.39, 0.29) is 24.7 Å². The number of furan rings is 1. The molecule has 0 saturated carbocycles. The SMILES string of the molecule is COCCNC(=O)Cn1c(=O)n(Cc2ccco2)c2ncccc21. The number of nitrogens with one attached hydrogen (secondary N) is 1. The molecule has 0 aliphatic rings. The fourth-order valence-corrected chi connectivity index (χ4v) is 2.49. The van der Waals surface area contributed by atoms with Gasteiger partial charge in [-0.2, -0.15) is 0 Å². The summed E-state index contributed by atoms with van der Waals surface area (Å²) in [6, 6.07) is 7.05. The lowest BCUT2D eigenvalue weighted by atomic mass is 10.4. The van der Waals surface area contributed by atoms with Crippen molar-refractivity contribution in [3.63, 3.8) is 0 Å². The van der Waals surface area contributed by atoms with Crippen LogP contribution in [0.25, 0.3) is 11.2 Å². The molecule has 0 aliphatic carbocycles. The third-order valence-corrected chi connectivity index (χ3v) is 3.60. The highest BCUT2D eigenvalue weighted by Crippen LogP contribution is 2.12. The monoisotopic (exact) mass is 330 g/mol. The number of methoxy groups -OCH3 is 1. The lowest BCUT2D eigenvalue weighted by Crippen LogP contribution is -2.34. The summed E-state index contributed by atoms with van der Waals surface area (Å²) in [6.07, 6.45) is 3.17. The van der Waals surface area contributed by atoms with Gasteiger partial charge in [0, 0.05) is 19.9 Å². The highest BCUT2D eigenvalue weighted by atomic mass is 16.5. The number of aromatic nitrogens is 3. The smallest absolute Gasteiger partial charge is 0.331 e. The first-order valence-corrected chi connectivity index (χ1v) is 7.53. The van der Waals surface area contributed by atoms with E-state index in [9.17, 15) is 9.59 Å². The van der Waals surface area contributed by atoms with Crippen LogP contribution in [-0.2, 0) is 22.6 Å². The first-order chi connectivity index (χ1) is 11.7. The van der Waals surface area contributed by atoms with Crippen molar-refractivity contribution in [2.24, 2.45) is 0 Å². The van der Waals surface area contributed by atoms with E-state index in [0.29, 0.717) is 30.1 Å². The zero-order valence-electron chi connectivity index (χ0n) is 13.3. The fraction of sp³-hybridized carbons (Fsp3) is 0.312. The number of fused-ring (bicyclic) bond motifs is 1. The molecule has 0 saturated heterocycles. The van der Waals surface area contributed by atoms with E-state index in [2.05, 4.69) is 10.3 Å². The summed E-state index contributed by atoms with van der Waals surface area (Å²) in [5.41, 5.74) is 0.821. The number of hydrogen-bond donors (Lipinski definition) is 1. The first kappa shape index (κ1) is 16.0. The van der Waals surface area contributed by atoms with Gasteiger partial charge in [0.25, 0.3) is 0 Å². The van der Waals surface area contributed by atoms with Gasteiger partial charge in [0.05, 0.1) is 24.9 Å². The Hall–Kier alpha value is -2.87. The molecule has 0 aliphatic heterocycles. The summed E-state index contributed by atoms with van der Waals surface area (Å²) in [5.74, 6) is 0.390. The number of carbonyl (C=O) groups excluding carboxylic acids is 1. The van der Waals surface area contributed by atoms with E-state index in [4.69, 9.17) is 9.15 Å². The van der Waals surface area contributed by atoms with Gasteiger partial charge in [0.15, 0.2) is 5.65 Å². The summed E-state index contributed by atoms with van der Waals surface area (Å²) < 4.78 is 13.1. The van der Waals surface area contributed by atoms with E-state index in [0.717, 1.165) is 0 Å². The van der Waals surface area contributed by atoms with Gasteiger partial charge in [-0.05, 0) is 24.3 Å². The summed E-state index contributed by atoms with van der Waals surface area (Å²) >= 11 is 0. The number of carbonyl (C=O) groups is 1. The Morgan fingerprint density at radius 1 is 1.33 bits per heavy atom. The molecule has 24 heavy (non-hydrogen) atoms. The molecule has 3 aromatic heterocycles. The molecule has 0 fully saturated rings. The summed E-state index contributed by atoms with van der Waals surface area (Å²) in [6.45, 7) is 1.00. The molecule has 0 aromatic carbocycles. The summed E-state index contributed by atoms with van der Waals surface area (Å²) in [7, 11) is 1.56. The predicted octanol–water partition coefficient (Wildman–Crippen LogP) is 0.602. The van der Waals surface area contributed by atoms with Crippen LogP contribution in [0.1, 0.15) is 5.76 Å². The molecular formula is C16H18N4O4. The number of amides is 1. The highest BCUT2D eigenvalue weighted by molar-refractivity contribution is 5.79. The lowest BCUT2D eigenvalue weighted by molar-refractivity contribution is -0.121. The minimum absolute atomic E-state index is 0.0735. The van der Waals surface area contributed by atoms with E-state index < -0.39 is 0 Å². The maximum absolute atomic E-state index is 12.7. The van der Waals surface area contributed by atoms with Crippen molar-refractivity contribution < 1.29 is 13.9 Å². The van der Waals surface area contributed by atoms with Gasteiger partial charge in [-0.25, -0.2) is 9.78 Å². The van der Waals surface area contributed by atoms with E-state index in [1.165, 1.54) is 9.13 Å². The largest absolute Gasteiger partial charge is 0.467 e. The molecule has 8 nitrogen and oxygen atoms in total. The molecule has 0 atom stereocenters. The van der Waals surface area contributed by atoms with Crippen LogP contribution in [-0.4, -0.2) is 40.3 Å². The van der Waals surface area contributed by atoms with Crippen LogP contribution in [0.5, 0.6) is 0 Å². The van der Waals surface area contributed by atoms with Gasteiger partial charge in [-0.3, -0.25) is 13.9 Å². The molecule has 1 N–H and O–H groups in total. The van der Waals surface area contributed by atoms with Crippen molar-refractivity contribution in [2.45, 2.75) is 13.1 Å². The minimum atomic E-state index is -0.304. The Labute approximate surface area is 137 Å². The third-order valence-electron chi connectivity index (χ3n) is 3.60. The maximum Gasteiger partial charge on any atom is 0.331 e. The Bertz CT molecular complexity index is 879. The summed E-state index contributed by atoms with van der Waals surface area (Å²) in [4.78, 5) is 29.0. The molecule has 8 heteroatoms. The molecule has 3 aromatic rings. The number of nitrogens with zero attached hydrogens (tertiary/aromatic N) is 3. The fourth-order valence-electron chi connectivity index (χ4n) is 2.49. The first-order valence-electron chi connectivity index (χ1n) is 7.53. The van der Waals surface area contributed by atoms with Crippen molar-refractivity contribution in [1.82, 2.24) is 19.4 Å². The Morgan fingerprint density at radius 3 is 2.96 bits per heavy atom. The van der Waals surface area contributed by atoms with E-state index >= 15 is 0 Å².